The molecule has 3 rings (SSSR count). The molecule has 1 fully saturated rings. The van der Waals surface area contributed by atoms with E-state index in [1.807, 2.05) is 49.4 Å². The average molecular weight is 342 g/mol. The zero-order valence-electron chi connectivity index (χ0n) is 14.2. The van der Waals surface area contributed by atoms with Gasteiger partial charge in [-0.1, -0.05) is 12.1 Å². The highest BCUT2D eigenvalue weighted by molar-refractivity contribution is 5.95. The van der Waals surface area contributed by atoms with Gasteiger partial charge in [-0.05, 0) is 43.3 Å². The van der Waals surface area contributed by atoms with Gasteiger partial charge in [0.1, 0.15) is 17.6 Å². The van der Waals surface area contributed by atoms with Gasteiger partial charge in [-0.2, -0.15) is 0 Å². The van der Waals surface area contributed by atoms with Crippen molar-refractivity contribution < 1.29 is 19.0 Å². The van der Waals surface area contributed by atoms with E-state index in [0.29, 0.717) is 36.9 Å². The Morgan fingerprint density at radius 2 is 1.96 bits per heavy atom. The summed E-state index contributed by atoms with van der Waals surface area (Å²) in [6, 6.07) is 14.7. The third-order valence-electron chi connectivity index (χ3n) is 3.73. The van der Waals surface area contributed by atoms with Crippen LogP contribution in [-0.2, 0) is 9.53 Å². The van der Waals surface area contributed by atoms with E-state index < -0.39 is 6.10 Å². The van der Waals surface area contributed by atoms with Gasteiger partial charge in [-0.3, -0.25) is 4.79 Å². The van der Waals surface area contributed by atoms with Crippen molar-refractivity contribution >= 4 is 11.6 Å². The average Bonchev–Trinajstić information content (AvgIpc) is 2.66. The Morgan fingerprint density at radius 1 is 1.20 bits per heavy atom. The lowest BCUT2D eigenvalue weighted by atomic mass is 10.2. The molecule has 1 atom stereocenters. The van der Waals surface area contributed by atoms with E-state index in [2.05, 4.69) is 10.6 Å². The van der Waals surface area contributed by atoms with Gasteiger partial charge < -0.3 is 24.8 Å². The molecule has 132 valence electrons. The van der Waals surface area contributed by atoms with Crippen molar-refractivity contribution in [3.05, 3.63) is 48.5 Å². The molecule has 6 heteroatoms. The number of ether oxygens (including phenoxy) is 3. The summed E-state index contributed by atoms with van der Waals surface area (Å²) in [6.45, 7) is 4.36. The van der Waals surface area contributed by atoms with Crippen molar-refractivity contribution in [2.24, 2.45) is 0 Å². The predicted molar refractivity (Wildman–Crippen MR) is 95.4 cm³/mol. The summed E-state index contributed by atoms with van der Waals surface area (Å²) in [5, 5.41) is 6.02. The van der Waals surface area contributed by atoms with E-state index in [1.54, 1.807) is 6.07 Å². The summed E-state index contributed by atoms with van der Waals surface area (Å²) >= 11 is 0. The maximum atomic E-state index is 12.3. The van der Waals surface area contributed by atoms with Gasteiger partial charge >= 0.3 is 0 Å². The van der Waals surface area contributed by atoms with Crippen LogP contribution in [0.3, 0.4) is 0 Å². The molecule has 0 aliphatic carbocycles. The fourth-order valence-corrected chi connectivity index (χ4v) is 2.50. The summed E-state index contributed by atoms with van der Waals surface area (Å²) in [6.07, 6.45) is -0.493. The Morgan fingerprint density at radius 3 is 2.68 bits per heavy atom. The Hall–Kier alpha value is -2.57. The number of morpholine rings is 1. The van der Waals surface area contributed by atoms with Crippen LogP contribution in [0.1, 0.15) is 6.92 Å². The first kappa shape index (κ1) is 17.3. The molecule has 0 bridgehead atoms. The zero-order chi connectivity index (χ0) is 17.5. The molecular formula is C19H22N2O4. The number of hydrogen-bond acceptors (Lipinski definition) is 5. The maximum absolute atomic E-state index is 12.3. The summed E-state index contributed by atoms with van der Waals surface area (Å²) in [5.41, 5.74) is 0.607. The Labute approximate surface area is 147 Å². The quantitative estimate of drug-likeness (QED) is 0.845. The number of carbonyl (C=O) groups is 1. The highest BCUT2D eigenvalue weighted by atomic mass is 16.5. The van der Waals surface area contributed by atoms with Crippen molar-refractivity contribution in [1.29, 1.82) is 0 Å². The van der Waals surface area contributed by atoms with Crippen LogP contribution in [0.4, 0.5) is 5.69 Å². The SMILES string of the molecule is CCOc1ccc(Oc2ccccc2NC(=O)C2CNCCO2)cc1. The van der Waals surface area contributed by atoms with Gasteiger partial charge in [-0.15, -0.1) is 0 Å². The summed E-state index contributed by atoms with van der Waals surface area (Å²) in [7, 11) is 0. The number of para-hydroxylation sites is 2. The van der Waals surface area contributed by atoms with Crippen LogP contribution in [0.5, 0.6) is 17.2 Å². The minimum Gasteiger partial charge on any atom is -0.494 e. The monoisotopic (exact) mass is 342 g/mol. The fraction of sp³-hybridized carbons (Fsp3) is 0.316. The molecule has 1 saturated heterocycles. The highest BCUT2D eigenvalue weighted by Crippen LogP contribution is 2.30. The predicted octanol–water partition coefficient (Wildman–Crippen LogP) is 2.80. The lowest BCUT2D eigenvalue weighted by Gasteiger charge is -2.23. The molecular weight excluding hydrogens is 320 g/mol. The minimum absolute atomic E-state index is 0.185. The number of hydrogen-bond donors (Lipinski definition) is 2. The lowest BCUT2D eigenvalue weighted by Crippen LogP contribution is -2.45. The first-order valence-electron chi connectivity index (χ1n) is 8.39. The van der Waals surface area contributed by atoms with Gasteiger partial charge in [0.25, 0.3) is 5.91 Å². The van der Waals surface area contributed by atoms with Crippen molar-refractivity contribution in [2.45, 2.75) is 13.0 Å². The van der Waals surface area contributed by atoms with Crippen LogP contribution in [-0.4, -0.2) is 38.3 Å². The molecule has 0 aromatic heterocycles. The summed E-state index contributed by atoms with van der Waals surface area (Å²) in [5.74, 6) is 1.85. The van der Waals surface area contributed by atoms with E-state index in [0.717, 1.165) is 12.3 Å². The molecule has 1 amide bonds. The number of carbonyl (C=O) groups excluding carboxylic acids is 1. The topological polar surface area (TPSA) is 68.8 Å². The van der Waals surface area contributed by atoms with Crippen molar-refractivity contribution in [1.82, 2.24) is 5.32 Å². The lowest BCUT2D eigenvalue weighted by molar-refractivity contribution is -0.128. The van der Waals surface area contributed by atoms with Gasteiger partial charge in [0.05, 0.1) is 18.9 Å². The number of anilines is 1. The second-order valence-corrected chi connectivity index (χ2v) is 5.56. The van der Waals surface area contributed by atoms with Crippen LogP contribution in [0.15, 0.2) is 48.5 Å². The molecule has 2 aromatic rings. The molecule has 2 N–H and O–H groups in total. The largest absolute Gasteiger partial charge is 0.494 e. The zero-order valence-corrected chi connectivity index (χ0v) is 14.2. The number of rotatable bonds is 6. The van der Waals surface area contributed by atoms with E-state index in [-0.39, 0.29) is 5.91 Å². The van der Waals surface area contributed by atoms with Crippen molar-refractivity contribution in [3.63, 3.8) is 0 Å². The van der Waals surface area contributed by atoms with E-state index in [9.17, 15) is 4.79 Å². The standard InChI is InChI=1S/C19H22N2O4/c1-2-23-14-7-9-15(10-8-14)25-17-6-4-3-5-16(17)21-19(22)18-13-20-11-12-24-18/h3-10,18,20H,2,11-13H2,1H3,(H,21,22). The molecule has 25 heavy (non-hydrogen) atoms. The van der Waals surface area contributed by atoms with Crippen LogP contribution in [0, 0.1) is 0 Å². The first-order valence-corrected chi connectivity index (χ1v) is 8.39. The third-order valence-corrected chi connectivity index (χ3v) is 3.73. The molecule has 0 radical (unpaired) electrons. The van der Waals surface area contributed by atoms with Crippen LogP contribution >= 0.6 is 0 Å². The summed E-state index contributed by atoms with van der Waals surface area (Å²) in [4.78, 5) is 12.3. The van der Waals surface area contributed by atoms with E-state index in [1.165, 1.54) is 0 Å². The van der Waals surface area contributed by atoms with Gasteiger partial charge in [-0.25, -0.2) is 0 Å². The summed E-state index contributed by atoms with van der Waals surface area (Å²) < 4.78 is 16.8. The van der Waals surface area contributed by atoms with E-state index in [4.69, 9.17) is 14.2 Å². The molecule has 0 spiro atoms. The van der Waals surface area contributed by atoms with Gasteiger partial charge in [0, 0.05) is 13.1 Å². The number of benzene rings is 2. The van der Waals surface area contributed by atoms with Crippen LogP contribution in [0.2, 0.25) is 0 Å². The molecule has 1 aliphatic heterocycles. The molecule has 6 nitrogen and oxygen atoms in total. The number of amides is 1. The molecule has 0 saturated carbocycles. The van der Waals surface area contributed by atoms with Crippen molar-refractivity contribution in [3.8, 4) is 17.2 Å². The smallest absolute Gasteiger partial charge is 0.254 e. The maximum Gasteiger partial charge on any atom is 0.254 e. The molecule has 2 aromatic carbocycles. The fourth-order valence-electron chi connectivity index (χ4n) is 2.50. The normalized spacial score (nSPS) is 16.9. The Bertz CT molecular complexity index is 697. The Kier molecular flexibility index (Phi) is 5.87. The van der Waals surface area contributed by atoms with E-state index >= 15 is 0 Å². The molecule has 1 aliphatic rings. The first-order chi connectivity index (χ1) is 12.3. The van der Waals surface area contributed by atoms with Gasteiger partial charge in [0.2, 0.25) is 0 Å². The second-order valence-electron chi connectivity index (χ2n) is 5.56. The van der Waals surface area contributed by atoms with Gasteiger partial charge in [0.15, 0.2) is 5.75 Å². The van der Waals surface area contributed by atoms with Crippen LogP contribution < -0.4 is 20.1 Å². The Balaban J connectivity index is 1.68. The van der Waals surface area contributed by atoms with Crippen molar-refractivity contribution in [2.75, 3.05) is 31.6 Å². The second kappa shape index (κ2) is 8.50. The van der Waals surface area contributed by atoms with Crippen LogP contribution in [0.25, 0.3) is 0 Å². The number of nitrogens with one attached hydrogen (secondary N) is 2. The minimum atomic E-state index is -0.493. The third kappa shape index (κ3) is 4.71. The highest BCUT2D eigenvalue weighted by Gasteiger charge is 2.22. The molecule has 1 heterocycles. The molecule has 1 unspecified atom stereocenters.